The molecule has 0 unspecified atom stereocenters. The van der Waals surface area contributed by atoms with E-state index >= 15 is 0 Å². The lowest BCUT2D eigenvalue weighted by atomic mass is 9.45. The van der Waals surface area contributed by atoms with Crippen molar-refractivity contribution in [2.45, 2.75) is 172 Å². The molecule has 0 bridgehead atoms. The lowest BCUT2D eigenvalue weighted by Crippen LogP contribution is -2.65. The highest BCUT2D eigenvalue weighted by atomic mass is 16.8. The minimum Gasteiger partial charge on any atom is -0.463 e. The summed E-state index contributed by atoms with van der Waals surface area (Å²) in [5.41, 5.74) is 0.712. The van der Waals surface area contributed by atoms with Crippen molar-refractivity contribution in [3.63, 3.8) is 0 Å². The van der Waals surface area contributed by atoms with Crippen LogP contribution in [-0.2, 0) is 33.3 Å². The summed E-state index contributed by atoms with van der Waals surface area (Å²) in [7, 11) is 0. The zero-order chi connectivity index (χ0) is 43.5. The molecule has 21 atom stereocenters. The van der Waals surface area contributed by atoms with E-state index in [1.54, 1.807) is 6.92 Å². The standard InChI is InChI=1S/C42H66O17/c1-17(11-26(46)19(3)24-9-10-25-23-8-7-21-12-22(45)13-30(48)42(21,6)31(23)27(47)14-41(24,25)5)18(2)38(54)59-40-37(35(52)33(50)29(57-40)16-55-20(4)44)58-39-36(53)34(51)32(49)28(15-43)56-39/h7,19,22-37,39-40,43,45-53H,8-16H2,1-6H3/b18-17+/t19-,22+,23-,24+,25-,26+,27-,28+,29+,30-,31+,32+,33+,34-,35-,36+,37+,39-,40-,41+,42+/m0/s1. The Labute approximate surface area is 344 Å². The number of carbonyl (C=O) groups is 2. The molecule has 0 spiro atoms. The van der Waals surface area contributed by atoms with Crippen molar-refractivity contribution in [1.29, 1.82) is 0 Å². The van der Waals surface area contributed by atoms with E-state index in [0.717, 1.165) is 31.8 Å². The maximum Gasteiger partial charge on any atom is 0.336 e. The minimum atomic E-state index is -1.90. The summed E-state index contributed by atoms with van der Waals surface area (Å²) in [6, 6.07) is 0. The maximum absolute atomic E-state index is 13.7. The normalized spacial score (nSPS) is 47.4. The molecule has 336 valence electrons. The number of rotatable bonds is 11. The van der Waals surface area contributed by atoms with Crippen LogP contribution >= 0.6 is 0 Å². The molecule has 2 heterocycles. The van der Waals surface area contributed by atoms with Crippen LogP contribution in [-0.4, -0.2) is 162 Å². The molecule has 0 aromatic carbocycles. The van der Waals surface area contributed by atoms with E-state index in [2.05, 4.69) is 13.0 Å². The van der Waals surface area contributed by atoms with Gasteiger partial charge in [0, 0.05) is 24.3 Å². The van der Waals surface area contributed by atoms with E-state index in [4.69, 9.17) is 23.7 Å². The molecular formula is C42H66O17. The van der Waals surface area contributed by atoms with E-state index in [1.165, 1.54) is 6.92 Å². The SMILES string of the molecule is CC(=O)OC[C@H]1O[C@@H](OC(=O)/C(C)=C(\C)C[C@@H](O)[C@@H](C)[C@H]2CC[C@H]3[C@@H]4CC=C5C[C@@H](O)C[C@H](O)[C@]5(C)[C@H]4[C@@H](O)C[C@]23C)[C@H](O[C@@H]2O[C@H](CO)[C@@H](O)[C@H](O)[C@H]2O)[C@@H](O)[C@@H]1O. The fraction of sp³-hybridized carbons (Fsp3) is 0.857. The van der Waals surface area contributed by atoms with E-state index in [9.17, 15) is 60.7 Å². The number of hydrogen-bond acceptors (Lipinski definition) is 17. The number of ether oxygens (including phenoxy) is 5. The van der Waals surface area contributed by atoms with E-state index in [-0.39, 0.29) is 53.4 Å². The van der Waals surface area contributed by atoms with Crippen LogP contribution in [0.2, 0.25) is 0 Å². The molecule has 4 aliphatic carbocycles. The van der Waals surface area contributed by atoms with Crippen LogP contribution < -0.4 is 0 Å². The molecule has 6 rings (SSSR count). The van der Waals surface area contributed by atoms with Gasteiger partial charge in [-0.25, -0.2) is 4.79 Å². The van der Waals surface area contributed by atoms with Gasteiger partial charge in [0.25, 0.3) is 0 Å². The van der Waals surface area contributed by atoms with Crippen molar-refractivity contribution in [3.8, 4) is 0 Å². The molecule has 2 saturated heterocycles. The number of allylic oxidation sites excluding steroid dienone is 1. The first-order chi connectivity index (χ1) is 27.6. The second-order valence-electron chi connectivity index (χ2n) is 18.7. The van der Waals surface area contributed by atoms with Gasteiger partial charge in [-0.05, 0) is 87.4 Å². The van der Waals surface area contributed by atoms with Crippen LogP contribution in [0.4, 0.5) is 0 Å². The molecule has 0 radical (unpaired) electrons. The largest absolute Gasteiger partial charge is 0.463 e. The van der Waals surface area contributed by atoms with Crippen molar-refractivity contribution in [2.75, 3.05) is 13.2 Å². The molecule has 0 aromatic rings. The van der Waals surface area contributed by atoms with Crippen LogP contribution in [0.25, 0.3) is 0 Å². The van der Waals surface area contributed by atoms with Crippen LogP contribution in [0.5, 0.6) is 0 Å². The fourth-order valence-corrected chi connectivity index (χ4v) is 11.8. The number of hydrogen-bond donors (Lipinski definition) is 10. The number of carbonyl (C=O) groups excluding carboxylic acids is 2. The van der Waals surface area contributed by atoms with E-state index in [1.807, 2.05) is 13.8 Å². The molecule has 3 saturated carbocycles. The zero-order valence-electron chi connectivity index (χ0n) is 34.7. The van der Waals surface area contributed by atoms with Crippen molar-refractivity contribution >= 4 is 11.9 Å². The number of esters is 2. The summed E-state index contributed by atoms with van der Waals surface area (Å²) >= 11 is 0. The van der Waals surface area contributed by atoms with Crippen molar-refractivity contribution < 1.29 is 84.3 Å². The lowest BCUT2D eigenvalue weighted by molar-refractivity contribution is -0.362. The van der Waals surface area contributed by atoms with Gasteiger partial charge in [-0.2, -0.15) is 0 Å². The van der Waals surface area contributed by atoms with Gasteiger partial charge >= 0.3 is 11.9 Å². The summed E-state index contributed by atoms with van der Waals surface area (Å²) in [4.78, 5) is 25.3. The molecular weight excluding hydrogens is 776 g/mol. The average Bonchev–Trinajstić information content (AvgIpc) is 3.52. The van der Waals surface area contributed by atoms with Crippen molar-refractivity contribution in [1.82, 2.24) is 0 Å². The van der Waals surface area contributed by atoms with Crippen LogP contribution in [0, 0.1) is 40.4 Å². The molecule has 17 heteroatoms. The van der Waals surface area contributed by atoms with Crippen LogP contribution in [0.15, 0.2) is 22.8 Å². The van der Waals surface area contributed by atoms with Crippen LogP contribution in [0.1, 0.15) is 86.5 Å². The summed E-state index contributed by atoms with van der Waals surface area (Å²) in [5.74, 6) is -1.58. The monoisotopic (exact) mass is 842 g/mol. The second kappa shape index (κ2) is 17.9. The van der Waals surface area contributed by atoms with Gasteiger partial charge < -0.3 is 74.7 Å². The molecule has 0 aromatic heterocycles. The fourth-order valence-electron chi connectivity index (χ4n) is 11.8. The Morgan fingerprint density at radius 2 is 1.56 bits per heavy atom. The van der Waals surface area contributed by atoms with E-state index in [0.29, 0.717) is 18.4 Å². The Balaban J connectivity index is 1.15. The number of aliphatic hydroxyl groups is 10. The first kappa shape index (κ1) is 46.4. The van der Waals surface area contributed by atoms with Gasteiger partial charge in [0.05, 0.1) is 31.0 Å². The topological polar surface area (TPSA) is 283 Å². The Bertz CT molecular complexity index is 1590. The van der Waals surface area contributed by atoms with Gasteiger partial charge in [0.1, 0.15) is 49.3 Å². The van der Waals surface area contributed by atoms with E-state index < -0.39 is 116 Å². The Kier molecular flexibility index (Phi) is 14.1. The van der Waals surface area contributed by atoms with Crippen molar-refractivity contribution in [3.05, 3.63) is 22.8 Å². The molecule has 6 aliphatic rings. The zero-order valence-corrected chi connectivity index (χ0v) is 34.7. The van der Waals surface area contributed by atoms with Gasteiger partial charge in [-0.1, -0.05) is 38.0 Å². The molecule has 2 aliphatic heterocycles. The molecule has 17 nitrogen and oxygen atoms in total. The highest BCUT2D eigenvalue weighted by Gasteiger charge is 2.64. The predicted octanol–water partition coefficient (Wildman–Crippen LogP) is -0.670. The van der Waals surface area contributed by atoms with Gasteiger partial charge in [0.2, 0.25) is 6.29 Å². The third kappa shape index (κ3) is 8.54. The lowest BCUT2D eigenvalue weighted by Gasteiger charge is -2.61. The smallest absolute Gasteiger partial charge is 0.336 e. The Hall–Kier alpha value is -2.10. The summed E-state index contributed by atoms with van der Waals surface area (Å²) in [5, 5.41) is 108. The Morgan fingerprint density at radius 1 is 0.898 bits per heavy atom. The van der Waals surface area contributed by atoms with Crippen molar-refractivity contribution in [2.24, 2.45) is 40.4 Å². The molecule has 59 heavy (non-hydrogen) atoms. The first-order valence-corrected chi connectivity index (χ1v) is 21.1. The average molecular weight is 843 g/mol. The first-order valence-electron chi connectivity index (χ1n) is 21.1. The third-order valence-corrected chi connectivity index (χ3v) is 15.3. The maximum atomic E-state index is 13.7. The second-order valence-corrected chi connectivity index (χ2v) is 18.7. The van der Waals surface area contributed by atoms with Gasteiger partial charge in [0.15, 0.2) is 12.4 Å². The third-order valence-electron chi connectivity index (χ3n) is 15.3. The molecule has 0 amide bonds. The number of fused-ring (bicyclic) bond motifs is 5. The highest BCUT2D eigenvalue weighted by Crippen LogP contribution is 2.67. The predicted molar refractivity (Wildman–Crippen MR) is 204 cm³/mol. The summed E-state index contributed by atoms with van der Waals surface area (Å²) in [6.45, 7) is 9.22. The quantitative estimate of drug-likeness (QED) is 0.0702. The molecule has 10 N–H and O–H groups in total. The number of aliphatic hydroxyl groups excluding tert-OH is 10. The van der Waals surface area contributed by atoms with Gasteiger partial charge in [-0.15, -0.1) is 0 Å². The summed E-state index contributed by atoms with van der Waals surface area (Å²) in [6.07, 6.45) is -14.0. The minimum absolute atomic E-state index is 0.0486. The van der Waals surface area contributed by atoms with Crippen LogP contribution in [0.3, 0.4) is 0 Å². The van der Waals surface area contributed by atoms with Gasteiger partial charge in [-0.3, -0.25) is 4.79 Å². The summed E-state index contributed by atoms with van der Waals surface area (Å²) < 4.78 is 27.5. The highest BCUT2D eigenvalue weighted by molar-refractivity contribution is 5.88. The Morgan fingerprint density at radius 3 is 2.22 bits per heavy atom. The molecule has 5 fully saturated rings.